The highest BCUT2D eigenvalue weighted by Gasteiger charge is 2.44. The fraction of sp³-hybridized carbons (Fsp3) is 0.611. The molecule has 5 nitrogen and oxygen atoms in total. The predicted molar refractivity (Wildman–Crippen MR) is 87.4 cm³/mol. The third kappa shape index (κ3) is 1.86. The minimum atomic E-state index is 0.0941. The maximum Gasteiger partial charge on any atom is 0.169 e. The molecule has 0 saturated carbocycles. The Labute approximate surface area is 135 Å². The van der Waals surface area contributed by atoms with Crippen LogP contribution < -0.4 is 0 Å². The number of rotatable bonds is 2. The normalized spacial score (nSPS) is 32.7. The number of nitrogens with one attached hydrogen (secondary N) is 1. The van der Waals surface area contributed by atoms with Crippen LogP contribution in [0.15, 0.2) is 6.20 Å². The van der Waals surface area contributed by atoms with Gasteiger partial charge < -0.3 is 4.90 Å². The number of ketones is 1. The van der Waals surface area contributed by atoms with Crippen molar-refractivity contribution >= 4 is 16.7 Å². The molecule has 1 unspecified atom stereocenters. The summed E-state index contributed by atoms with van der Waals surface area (Å²) in [7, 11) is 0. The van der Waals surface area contributed by atoms with E-state index >= 15 is 0 Å². The van der Waals surface area contributed by atoms with Crippen molar-refractivity contribution in [2.75, 3.05) is 19.6 Å². The number of aromatic amines is 1. The van der Waals surface area contributed by atoms with E-state index in [0.717, 1.165) is 47.2 Å². The zero-order valence-corrected chi connectivity index (χ0v) is 13.5. The Morgan fingerprint density at radius 3 is 2.87 bits per heavy atom. The van der Waals surface area contributed by atoms with Crippen molar-refractivity contribution in [3.05, 3.63) is 23.1 Å². The molecule has 23 heavy (non-hydrogen) atoms. The van der Waals surface area contributed by atoms with Gasteiger partial charge in [-0.25, -0.2) is 0 Å². The monoisotopic (exact) mass is 310 g/mol. The number of H-pyrrole nitrogens is 1. The van der Waals surface area contributed by atoms with Gasteiger partial charge in [-0.2, -0.15) is 5.10 Å². The van der Waals surface area contributed by atoms with Gasteiger partial charge in [0.05, 0.1) is 28.7 Å². The van der Waals surface area contributed by atoms with Gasteiger partial charge >= 0.3 is 0 Å². The van der Waals surface area contributed by atoms with Gasteiger partial charge in [-0.1, -0.05) is 6.92 Å². The lowest BCUT2D eigenvalue weighted by atomic mass is 9.67. The fourth-order valence-electron chi connectivity index (χ4n) is 5.10. The Morgan fingerprint density at radius 2 is 2.17 bits per heavy atom. The maximum absolute atomic E-state index is 13.4. The number of hydrogen-bond donors (Lipinski definition) is 1. The number of Topliss-reactive ketones (excluding diaryl/α,β-unsaturated/α-hetero) is 1. The van der Waals surface area contributed by atoms with Crippen LogP contribution in [-0.2, 0) is 12.8 Å². The number of carbonyl (C=O) groups is 1. The van der Waals surface area contributed by atoms with Crippen LogP contribution >= 0.6 is 0 Å². The summed E-state index contributed by atoms with van der Waals surface area (Å²) in [6.07, 6.45) is 5.94. The second-order valence-corrected chi connectivity index (χ2v) is 7.37. The smallest absolute Gasteiger partial charge is 0.169 e. The molecule has 2 bridgehead atoms. The first kappa shape index (κ1) is 13.7. The van der Waals surface area contributed by atoms with Crippen molar-refractivity contribution in [2.24, 2.45) is 17.8 Å². The lowest BCUT2D eigenvalue weighted by Gasteiger charge is -2.47. The van der Waals surface area contributed by atoms with E-state index < -0.39 is 0 Å². The van der Waals surface area contributed by atoms with E-state index in [9.17, 15) is 4.79 Å². The maximum atomic E-state index is 13.4. The third-order valence-corrected chi connectivity index (χ3v) is 6.31. The molecular weight excluding hydrogens is 288 g/mol. The van der Waals surface area contributed by atoms with Crippen molar-refractivity contribution in [3.8, 4) is 0 Å². The molecule has 1 N–H and O–H groups in total. The Kier molecular flexibility index (Phi) is 2.89. The van der Waals surface area contributed by atoms with Crippen LogP contribution in [0.3, 0.4) is 0 Å². The quantitative estimate of drug-likeness (QED) is 0.924. The zero-order valence-electron chi connectivity index (χ0n) is 13.5. The minimum absolute atomic E-state index is 0.0941. The summed E-state index contributed by atoms with van der Waals surface area (Å²) in [5.41, 5.74) is 3.79. The number of piperidine rings is 3. The van der Waals surface area contributed by atoms with Crippen molar-refractivity contribution in [3.63, 3.8) is 0 Å². The molecule has 2 aromatic rings. The summed E-state index contributed by atoms with van der Waals surface area (Å²) in [6.45, 7) is 5.60. The molecule has 1 aliphatic carbocycles. The van der Waals surface area contributed by atoms with Gasteiger partial charge in [-0.05, 0) is 44.2 Å². The average molecular weight is 310 g/mol. The summed E-state index contributed by atoms with van der Waals surface area (Å²) in [4.78, 5) is 20.4. The topological polar surface area (TPSA) is 61.9 Å². The van der Waals surface area contributed by atoms with Gasteiger partial charge in [0.15, 0.2) is 5.78 Å². The highest BCUT2D eigenvalue weighted by molar-refractivity contribution is 6.12. The van der Waals surface area contributed by atoms with Crippen molar-refractivity contribution in [1.29, 1.82) is 0 Å². The SMILES string of the molecule is CCc1ncc2[nH]nc3c2c1C(=O)[C@H](C1CN2CCC1CC2)C3. The Bertz CT molecular complexity index is 788. The number of carbonyl (C=O) groups excluding carboxylic acids is 1. The molecule has 5 heterocycles. The molecule has 2 aromatic heterocycles. The second kappa shape index (κ2) is 4.87. The lowest BCUT2D eigenvalue weighted by molar-refractivity contribution is 0.0192. The number of aryl methyl sites for hydroxylation is 1. The molecule has 6 rings (SSSR count). The number of fused-ring (bicyclic) bond motifs is 3. The summed E-state index contributed by atoms with van der Waals surface area (Å²) < 4.78 is 0. The van der Waals surface area contributed by atoms with Gasteiger partial charge in [0.2, 0.25) is 0 Å². The Hall–Kier alpha value is -1.75. The molecule has 3 aliphatic heterocycles. The third-order valence-electron chi connectivity index (χ3n) is 6.31. The van der Waals surface area contributed by atoms with E-state index in [1.807, 2.05) is 6.20 Å². The van der Waals surface area contributed by atoms with Crippen LogP contribution in [0.1, 0.15) is 41.5 Å². The highest BCUT2D eigenvalue weighted by atomic mass is 16.1. The molecule has 5 heteroatoms. The number of pyridine rings is 1. The van der Waals surface area contributed by atoms with Crippen LogP contribution in [-0.4, -0.2) is 45.5 Å². The van der Waals surface area contributed by atoms with Gasteiger partial charge in [-0.15, -0.1) is 0 Å². The van der Waals surface area contributed by atoms with E-state index in [1.54, 1.807) is 0 Å². The van der Waals surface area contributed by atoms with Gasteiger partial charge in [0, 0.05) is 24.3 Å². The highest BCUT2D eigenvalue weighted by Crippen LogP contribution is 2.42. The van der Waals surface area contributed by atoms with E-state index in [4.69, 9.17) is 0 Å². The number of hydrogen-bond acceptors (Lipinski definition) is 4. The lowest BCUT2D eigenvalue weighted by Crippen LogP contribution is -2.51. The van der Waals surface area contributed by atoms with E-state index in [0.29, 0.717) is 17.6 Å². The molecular formula is C18H22N4O. The molecule has 4 aliphatic rings. The second-order valence-electron chi connectivity index (χ2n) is 7.37. The first-order chi connectivity index (χ1) is 11.3. The first-order valence-corrected chi connectivity index (χ1v) is 8.87. The van der Waals surface area contributed by atoms with Crippen molar-refractivity contribution in [1.82, 2.24) is 20.1 Å². The van der Waals surface area contributed by atoms with Crippen molar-refractivity contribution < 1.29 is 4.79 Å². The number of aromatic nitrogens is 3. The standard InChI is InChI=1S/C18H22N4O/c1-2-13-17-16-14(20-21-15(16)8-19-13)7-11(18(17)23)12-9-22-5-3-10(12)4-6-22/h8,10-12H,2-7,9H2,1H3,(H,20,21)/t11-,12?/m0/s1. The van der Waals surface area contributed by atoms with Gasteiger partial charge in [0.25, 0.3) is 0 Å². The molecule has 0 aromatic carbocycles. The fourth-order valence-corrected chi connectivity index (χ4v) is 5.10. The average Bonchev–Trinajstić information content (AvgIpc) is 3.02. The summed E-state index contributed by atoms with van der Waals surface area (Å²) in [5, 5.41) is 8.63. The molecule has 3 fully saturated rings. The molecule has 0 radical (unpaired) electrons. The van der Waals surface area contributed by atoms with Crippen LogP contribution in [0.25, 0.3) is 10.9 Å². The summed E-state index contributed by atoms with van der Waals surface area (Å²) in [6, 6.07) is 0. The molecule has 0 spiro atoms. The Balaban J connectivity index is 1.61. The van der Waals surface area contributed by atoms with Gasteiger partial charge in [0.1, 0.15) is 0 Å². The zero-order chi connectivity index (χ0) is 15.6. The molecule has 3 saturated heterocycles. The van der Waals surface area contributed by atoms with E-state index in [-0.39, 0.29) is 5.92 Å². The summed E-state index contributed by atoms with van der Waals surface area (Å²) in [5.74, 6) is 1.63. The van der Waals surface area contributed by atoms with Crippen LogP contribution in [0.4, 0.5) is 0 Å². The van der Waals surface area contributed by atoms with Crippen molar-refractivity contribution in [2.45, 2.75) is 32.6 Å². The van der Waals surface area contributed by atoms with Crippen LogP contribution in [0.5, 0.6) is 0 Å². The first-order valence-electron chi connectivity index (χ1n) is 8.87. The Morgan fingerprint density at radius 1 is 1.35 bits per heavy atom. The molecule has 0 amide bonds. The van der Waals surface area contributed by atoms with Crippen LogP contribution in [0.2, 0.25) is 0 Å². The molecule has 2 atom stereocenters. The largest absolute Gasteiger partial charge is 0.303 e. The number of nitrogens with zero attached hydrogens (tertiary/aromatic N) is 3. The van der Waals surface area contributed by atoms with E-state index in [2.05, 4.69) is 27.0 Å². The van der Waals surface area contributed by atoms with E-state index in [1.165, 1.54) is 25.9 Å². The van der Waals surface area contributed by atoms with Crippen LogP contribution in [0, 0.1) is 17.8 Å². The molecule has 120 valence electrons. The summed E-state index contributed by atoms with van der Waals surface area (Å²) >= 11 is 0. The van der Waals surface area contributed by atoms with Gasteiger partial charge in [-0.3, -0.25) is 14.9 Å². The predicted octanol–water partition coefficient (Wildman–Crippen LogP) is 2.22. The minimum Gasteiger partial charge on any atom is -0.303 e.